The fraction of sp³-hybridized carbons (Fsp3) is 0.474. The number of hydrogen-bond acceptors (Lipinski definition) is 7. The summed E-state index contributed by atoms with van der Waals surface area (Å²) in [6.45, 7) is 2.82. The third-order valence-corrected chi connectivity index (χ3v) is 6.36. The number of carbonyl (C=O) groups excluding carboxylic acids is 4. The van der Waals surface area contributed by atoms with Gasteiger partial charge in [-0.2, -0.15) is 0 Å². The largest absolute Gasteiger partial charge is 0.495 e. The molecule has 2 N–H and O–H groups in total. The van der Waals surface area contributed by atoms with Gasteiger partial charge in [0.15, 0.2) is 6.61 Å². The van der Waals surface area contributed by atoms with Crippen molar-refractivity contribution >= 4 is 46.8 Å². The van der Waals surface area contributed by atoms with Gasteiger partial charge in [-0.3, -0.25) is 14.4 Å². The predicted molar refractivity (Wildman–Crippen MR) is 108 cm³/mol. The van der Waals surface area contributed by atoms with Crippen molar-refractivity contribution in [1.82, 2.24) is 4.90 Å². The lowest BCUT2D eigenvalue weighted by Crippen LogP contribution is -2.47. The van der Waals surface area contributed by atoms with Gasteiger partial charge in [-0.25, -0.2) is 4.79 Å². The molecule has 1 aromatic rings. The molecule has 10 heteroatoms. The highest BCUT2D eigenvalue weighted by Crippen LogP contribution is 2.47. The second-order valence-electron chi connectivity index (χ2n) is 7.02. The molecule has 2 heterocycles. The summed E-state index contributed by atoms with van der Waals surface area (Å²) in [6.07, 6.45) is 1.11. The van der Waals surface area contributed by atoms with Crippen LogP contribution in [0.4, 0.5) is 11.4 Å². The number of carbonyl (C=O) groups is 4. The summed E-state index contributed by atoms with van der Waals surface area (Å²) in [7, 11) is 1.45. The molecule has 0 spiro atoms. The molecule has 0 radical (unpaired) electrons. The van der Waals surface area contributed by atoms with Gasteiger partial charge in [-0.1, -0.05) is 0 Å². The molecule has 29 heavy (non-hydrogen) atoms. The van der Waals surface area contributed by atoms with Crippen LogP contribution < -0.4 is 15.4 Å². The third-order valence-electron chi connectivity index (χ3n) is 4.86. The average Bonchev–Trinajstić information content (AvgIpc) is 3.15. The molecule has 0 saturated carbocycles. The van der Waals surface area contributed by atoms with Crippen LogP contribution in [0.25, 0.3) is 0 Å². The first-order valence-corrected chi connectivity index (χ1v) is 10.1. The van der Waals surface area contributed by atoms with E-state index in [0.29, 0.717) is 35.7 Å². The van der Waals surface area contributed by atoms with Crippen molar-refractivity contribution in [2.45, 2.75) is 37.6 Å². The Balaban J connectivity index is 1.59. The van der Waals surface area contributed by atoms with Gasteiger partial charge in [0.1, 0.15) is 11.8 Å². The molecular formula is C19H23N3O6S. The van der Waals surface area contributed by atoms with E-state index < -0.39 is 24.5 Å². The highest BCUT2D eigenvalue weighted by molar-refractivity contribution is 8.01. The number of fused-ring (bicyclic) bond motifs is 1. The fourth-order valence-electron chi connectivity index (χ4n) is 3.50. The van der Waals surface area contributed by atoms with Gasteiger partial charge in [-0.15, -0.1) is 11.8 Å². The second-order valence-corrected chi connectivity index (χ2v) is 8.52. The SMILES string of the molecule is COc1ccc(NC(C)=O)cc1NC(=O)COC(=O)[C@@H]1CS[C@@]2(C)CCC(=O)N12. The molecule has 2 aliphatic heterocycles. The Kier molecular flexibility index (Phi) is 6.02. The minimum Gasteiger partial charge on any atom is -0.495 e. The van der Waals surface area contributed by atoms with Crippen LogP contribution in [0.2, 0.25) is 0 Å². The minimum atomic E-state index is -0.676. The number of benzene rings is 1. The molecule has 0 unspecified atom stereocenters. The maximum absolute atomic E-state index is 12.4. The molecule has 0 bridgehead atoms. The van der Waals surface area contributed by atoms with Crippen molar-refractivity contribution < 1.29 is 28.7 Å². The van der Waals surface area contributed by atoms with Crippen molar-refractivity contribution in [3.63, 3.8) is 0 Å². The smallest absolute Gasteiger partial charge is 0.330 e. The second kappa shape index (κ2) is 8.32. The van der Waals surface area contributed by atoms with Gasteiger partial charge in [0.05, 0.1) is 17.7 Å². The minimum absolute atomic E-state index is 0.0663. The zero-order valence-corrected chi connectivity index (χ0v) is 17.3. The van der Waals surface area contributed by atoms with Crippen LogP contribution in [0, 0.1) is 0 Å². The number of anilines is 2. The van der Waals surface area contributed by atoms with Crippen LogP contribution in [0.3, 0.4) is 0 Å². The van der Waals surface area contributed by atoms with E-state index in [1.165, 1.54) is 14.0 Å². The van der Waals surface area contributed by atoms with Gasteiger partial charge >= 0.3 is 5.97 Å². The van der Waals surface area contributed by atoms with E-state index in [-0.39, 0.29) is 16.7 Å². The standard InChI is InChI=1S/C19H23N3O6S/c1-11(23)20-12-4-5-15(27-3)13(8-12)21-16(24)9-28-18(26)14-10-29-19(2)7-6-17(25)22(14)19/h4-5,8,14H,6-7,9-10H2,1-3H3,(H,20,23)(H,21,24)/t14-,19-/m0/s1. The number of ether oxygens (including phenoxy) is 2. The molecule has 2 fully saturated rings. The summed E-state index contributed by atoms with van der Waals surface area (Å²) in [6, 6.07) is 4.10. The normalized spacial score (nSPS) is 22.8. The van der Waals surface area contributed by atoms with Gasteiger partial charge in [0.25, 0.3) is 5.91 Å². The van der Waals surface area contributed by atoms with Gasteiger partial charge in [0.2, 0.25) is 11.8 Å². The lowest BCUT2D eigenvalue weighted by atomic mass is 10.2. The van der Waals surface area contributed by atoms with E-state index in [9.17, 15) is 19.2 Å². The molecule has 2 saturated heterocycles. The van der Waals surface area contributed by atoms with E-state index in [1.807, 2.05) is 6.92 Å². The van der Waals surface area contributed by atoms with E-state index in [0.717, 1.165) is 0 Å². The molecule has 1 aromatic carbocycles. The number of thioether (sulfide) groups is 1. The zero-order chi connectivity index (χ0) is 21.2. The third kappa shape index (κ3) is 4.47. The number of nitrogens with one attached hydrogen (secondary N) is 2. The predicted octanol–water partition coefficient (Wildman–Crippen LogP) is 1.59. The number of nitrogens with zero attached hydrogens (tertiary/aromatic N) is 1. The Hall–Kier alpha value is -2.75. The van der Waals surface area contributed by atoms with Crippen LogP contribution in [0.1, 0.15) is 26.7 Å². The van der Waals surface area contributed by atoms with E-state index in [1.54, 1.807) is 34.9 Å². The monoisotopic (exact) mass is 421 g/mol. The molecule has 156 valence electrons. The Morgan fingerprint density at radius 2 is 2.07 bits per heavy atom. The highest BCUT2D eigenvalue weighted by Gasteiger charge is 2.53. The fourth-order valence-corrected chi connectivity index (χ4v) is 4.92. The molecule has 2 aliphatic rings. The Morgan fingerprint density at radius 3 is 2.76 bits per heavy atom. The molecule has 9 nitrogen and oxygen atoms in total. The van der Waals surface area contributed by atoms with E-state index in [2.05, 4.69) is 10.6 Å². The zero-order valence-electron chi connectivity index (χ0n) is 16.4. The maximum Gasteiger partial charge on any atom is 0.330 e. The van der Waals surface area contributed by atoms with Crippen LogP contribution in [-0.2, 0) is 23.9 Å². The maximum atomic E-state index is 12.4. The average molecular weight is 421 g/mol. The molecule has 0 aliphatic carbocycles. The molecule has 2 atom stereocenters. The quantitative estimate of drug-likeness (QED) is 0.671. The number of amides is 3. The number of esters is 1. The van der Waals surface area contributed by atoms with Crippen LogP contribution in [-0.4, -0.2) is 59.0 Å². The molecule has 3 rings (SSSR count). The molecule has 0 aromatic heterocycles. The lowest BCUT2D eigenvalue weighted by molar-refractivity contribution is -0.155. The van der Waals surface area contributed by atoms with Crippen LogP contribution in [0.15, 0.2) is 18.2 Å². The number of rotatable bonds is 6. The van der Waals surface area contributed by atoms with E-state index in [4.69, 9.17) is 9.47 Å². The van der Waals surface area contributed by atoms with Crippen LogP contribution >= 0.6 is 11.8 Å². The van der Waals surface area contributed by atoms with Crippen molar-refractivity contribution in [3.8, 4) is 5.75 Å². The van der Waals surface area contributed by atoms with E-state index >= 15 is 0 Å². The van der Waals surface area contributed by atoms with Gasteiger partial charge in [-0.05, 0) is 31.5 Å². The summed E-state index contributed by atoms with van der Waals surface area (Å²) in [4.78, 5) is 49.3. The topological polar surface area (TPSA) is 114 Å². The first-order chi connectivity index (χ1) is 13.7. The molecular weight excluding hydrogens is 398 g/mol. The van der Waals surface area contributed by atoms with Crippen molar-refractivity contribution in [2.24, 2.45) is 0 Å². The Bertz CT molecular complexity index is 860. The summed E-state index contributed by atoms with van der Waals surface area (Å²) >= 11 is 1.56. The Morgan fingerprint density at radius 1 is 1.31 bits per heavy atom. The van der Waals surface area contributed by atoms with Crippen LogP contribution in [0.5, 0.6) is 5.75 Å². The summed E-state index contributed by atoms with van der Waals surface area (Å²) in [5.74, 6) is -0.620. The number of hydrogen-bond donors (Lipinski definition) is 2. The summed E-state index contributed by atoms with van der Waals surface area (Å²) in [5, 5.41) is 5.22. The molecule has 3 amide bonds. The summed E-state index contributed by atoms with van der Waals surface area (Å²) in [5.41, 5.74) is 0.818. The summed E-state index contributed by atoms with van der Waals surface area (Å²) < 4.78 is 10.4. The highest BCUT2D eigenvalue weighted by atomic mass is 32.2. The first-order valence-electron chi connectivity index (χ1n) is 9.12. The Labute approximate surface area is 172 Å². The van der Waals surface area contributed by atoms with Crippen molar-refractivity contribution in [3.05, 3.63) is 18.2 Å². The first kappa shape index (κ1) is 21.0. The van der Waals surface area contributed by atoms with Crippen molar-refractivity contribution in [1.29, 1.82) is 0 Å². The number of methoxy groups -OCH3 is 1. The van der Waals surface area contributed by atoms with Gasteiger partial charge < -0.3 is 25.0 Å². The lowest BCUT2D eigenvalue weighted by Gasteiger charge is -2.29. The van der Waals surface area contributed by atoms with Crippen molar-refractivity contribution in [2.75, 3.05) is 30.1 Å². The van der Waals surface area contributed by atoms with Gasteiger partial charge in [0, 0.05) is 24.8 Å².